The molecule has 6 aliphatic heterocycles. The molecule has 3 aromatic carbocycles. The van der Waals surface area contributed by atoms with Crippen LogP contribution in [0.2, 0.25) is 0 Å². The number of carbonyl (C=O) groups is 1. The van der Waals surface area contributed by atoms with Crippen molar-refractivity contribution in [1.29, 1.82) is 0 Å². The average molecular weight is 947 g/mol. The number of carbonyl (C=O) groups excluding carboxylic acids is 1. The molecule has 1 aliphatic carbocycles. The number of likely N-dealkylation sites (tertiary alicyclic amines) is 1. The molecule has 19 heteroatoms. The Kier molecular flexibility index (Phi) is 10.6. The van der Waals surface area contributed by atoms with Crippen molar-refractivity contribution in [3.8, 4) is 11.6 Å². The first-order chi connectivity index (χ1) is 32.9. The Labute approximate surface area is 393 Å². The van der Waals surface area contributed by atoms with E-state index in [4.69, 9.17) is 28.7 Å². The number of pyridine rings is 1. The van der Waals surface area contributed by atoms with Gasteiger partial charge in [-0.05, 0) is 79.6 Å². The summed E-state index contributed by atoms with van der Waals surface area (Å²) >= 11 is 0. The van der Waals surface area contributed by atoms with Crippen molar-refractivity contribution in [2.45, 2.75) is 86.7 Å². The van der Waals surface area contributed by atoms with E-state index in [9.17, 15) is 23.3 Å². The van der Waals surface area contributed by atoms with Gasteiger partial charge in [-0.2, -0.15) is 4.98 Å². The first kappa shape index (κ1) is 43.3. The summed E-state index contributed by atoms with van der Waals surface area (Å²) < 4.78 is 60.3. The first-order valence-electron chi connectivity index (χ1n) is 23.7. The van der Waals surface area contributed by atoms with E-state index >= 15 is 0 Å². The molecule has 5 atom stereocenters. The lowest BCUT2D eigenvalue weighted by molar-refractivity contribution is -0.384. The molecule has 0 radical (unpaired) electrons. The summed E-state index contributed by atoms with van der Waals surface area (Å²) in [5, 5.41) is 16.4. The zero-order valence-electron chi connectivity index (χ0n) is 37.9. The van der Waals surface area contributed by atoms with Crippen molar-refractivity contribution in [1.82, 2.24) is 19.6 Å². The van der Waals surface area contributed by atoms with Gasteiger partial charge in [0.25, 0.3) is 21.6 Å². The van der Waals surface area contributed by atoms with Gasteiger partial charge >= 0.3 is 0 Å². The quantitative estimate of drug-likeness (QED) is 0.102. The van der Waals surface area contributed by atoms with E-state index in [1.54, 1.807) is 12.3 Å². The number of benzene rings is 3. The third-order valence-electron chi connectivity index (χ3n) is 15.1. The molecule has 356 valence electrons. The molecule has 0 bridgehead atoms. The smallest absolute Gasteiger partial charge is 0.297 e. The number of nitro benzene ring substituents is 1. The number of ether oxygens (including phenoxy) is 5. The van der Waals surface area contributed by atoms with Gasteiger partial charge in [0.15, 0.2) is 11.4 Å². The molecule has 4 saturated heterocycles. The molecule has 7 aliphatic rings. The third kappa shape index (κ3) is 7.40. The topological polar surface area (TPSA) is 203 Å². The maximum Gasteiger partial charge on any atom is 0.297 e. The Morgan fingerprint density at radius 2 is 1.81 bits per heavy atom. The van der Waals surface area contributed by atoms with Crippen LogP contribution >= 0.6 is 0 Å². The normalized spacial score (nSPS) is 25.4. The van der Waals surface area contributed by atoms with Crippen LogP contribution in [0.1, 0.15) is 73.0 Å². The van der Waals surface area contributed by atoms with Crippen LogP contribution in [0.25, 0.3) is 11.0 Å². The van der Waals surface area contributed by atoms with E-state index in [-0.39, 0.29) is 41.7 Å². The van der Waals surface area contributed by atoms with Crippen LogP contribution in [0.3, 0.4) is 0 Å². The minimum Gasteiger partial charge on any atom is -0.489 e. The van der Waals surface area contributed by atoms with Gasteiger partial charge in [-0.3, -0.25) is 19.8 Å². The predicted molar refractivity (Wildman–Crippen MR) is 252 cm³/mol. The van der Waals surface area contributed by atoms with Crippen LogP contribution in [0, 0.1) is 15.5 Å². The number of amides is 1. The maximum atomic E-state index is 14.6. The van der Waals surface area contributed by atoms with Gasteiger partial charge < -0.3 is 43.8 Å². The van der Waals surface area contributed by atoms with Crippen molar-refractivity contribution < 1.29 is 41.8 Å². The Morgan fingerprint density at radius 1 is 0.971 bits per heavy atom. The molecule has 1 amide bonds. The summed E-state index contributed by atoms with van der Waals surface area (Å²) in [6.45, 7) is 9.11. The number of fused-ring (bicyclic) bond motifs is 4. The number of hydrogen-bond acceptors (Lipinski definition) is 15. The highest BCUT2D eigenvalue weighted by atomic mass is 32.2. The SMILES string of the molecule is CC(C)c1ccccc1[C@@H]1CCCN1C1CC2(C1)CN(c1ccc(C(=O)NS(=O)(=O)c3cc4c(c([N+](=O)[O-])c3)N[C@@H]([C@H]3COCCO3)CO4)c(N3c4cc5cc[nH]c5nc4O[C@H]4COC[C@@H]43)c1)C2. The van der Waals surface area contributed by atoms with E-state index in [0.717, 1.165) is 49.6 Å². The number of H-pyrrole nitrogens is 1. The third-order valence-corrected chi connectivity index (χ3v) is 16.5. The molecule has 8 heterocycles. The number of anilines is 4. The van der Waals surface area contributed by atoms with Crippen molar-refractivity contribution in [2.24, 2.45) is 5.41 Å². The molecule has 2 aromatic heterocycles. The molecule has 3 N–H and O–H groups in total. The predicted octanol–water partition coefficient (Wildman–Crippen LogP) is 6.41. The van der Waals surface area contributed by atoms with Gasteiger partial charge in [0, 0.05) is 60.0 Å². The van der Waals surface area contributed by atoms with Crippen molar-refractivity contribution in [2.75, 3.05) is 74.4 Å². The van der Waals surface area contributed by atoms with Gasteiger partial charge in [-0.25, -0.2) is 13.1 Å². The number of hydrogen-bond donors (Lipinski definition) is 3. The molecule has 0 unspecified atom stereocenters. The van der Waals surface area contributed by atoms with E-state index < -0.39 is 49.7 Å². The zero-order valence-corrected chi connectivity index (χ0v) is 38.7. The lowest BCUT2D eigenvalue weighted by Crippen LogP contribution is -2.66. The molecular formula is C49H54N8O10S. The van der Waals surface area contributed by atoms with Crippen LogP contribution in [0.5, 0.6) is 11.6 Å². The second-order valence-corrected chi connectivity index (χ2v) is 21.4. The fraction of sp³-hybridized carbons (Fsp3) is 0.469. The number of nitrogens with one attached hydrogen (secondary N) is 3. The number of aromatic amines is 1. The van der Waals surface area contributed by atoms with Crippen LogP contribution in [0.4, 0.5) is 28.4 Å². The summed E-state index contributed by atoms with van der Waals surface area (Å²) in [5.74, 6) is -0.125. The molecule has 18 nitrogen and oxygen atoms in total. The molecule has 12 rings (SSSR count). The van der Waals surface area contributed by atoms with Crippen molar-refractivity contribution in [3.05, 3.63) is 99.7 Å². The number of nitrogens with zero attached hydrogens (tertiary/aromatic N) is 5. The van der Waals surface area contributed by atoms with E-state index in [2.05, 4.69) is 62.9 Å². The number of sulfonamides is 1. The minimum atomic E-state index is -4.71. The minimum absolute atomic E-state index is 0.0193. The molecule has 5 aromatic rings. The van der Waals surface area contributed by atoms with E-state index in [1.165, 1.54) is 30.0 Å². The fourth-order valence-electron chi connectivity index (χ4n) is 11.8. The van der Waals surface area contributed by atoms with Crippen LogP contribution in [-0.2, 0) is 24.2 Å². The standard InChI is InChI=1S/C49H54N8O10S/c1-28(2)33-6-3-4-7-34(33)37-8-5-13-55(37)31-20-49(21-31)26-54(27-49)30-9-10-35(38(17-30)56-40-16-29-11-12-50-46(29)52-48(40)67-44-25-64-23-41(44)56)47(58)53-68(61,62)32-18-39(57(59)60)45-42(19-32)66-22-36(51-45)43-24-63-14-15-65-43/h3-4,6-7,9-12,16-19,28,31,36-37,41,43-44,51H,5,8,13-15,20-27H2,1-2H3,(H,50,52)(H,53,58)/t36-,37+,41+,43-,44+/m1/s1. The molecular weight excluding hydrogens is 893 g/mol. The summed E-state index contributed by atoms with van der Waals surface area (Å²) in [6, 6.07) is 20.5. The van der Waals surface area contributed by atoms with Crippen molar-refractivity contribution >= 4 is 55.4 Å². The lowest BCUT2D eigenvalue weighted by atomic mass is 9.60. The van der Waals surface area contributed by atoms with Gasteiger partial charge in [-0.15, -0.1) is 0 Å². The van der Waals surface area contributed by atoms with Gasteiger partial charge in [0.2, 0.25) is 5.88 Å². The van der Waals surface area contributed by atoms with Gasteiger partial charge in [0.1, 0.15) is 30.1 Å². The van der Waals surface area contributed by atoms with Crippen LogP contribution < -0.4 is 29.3 Å². The molecule has 68 heavy (non-hydrogen) atoms. The highest BCUT2D eigenvalue weighted by Crippen LogP contribution is 2.55. The van der Waals surface area contributed by atoms with Gasteiger partial charge in [-0.1, -0.05) is 38.1 Å². The first-order valence-corrected chi connectivity index (χ1v) is 25.1. The second kappa shape index (κ2) is 16.6. The highest BCUT2D eigenvalue weighted by Gasteiger charge is 2.55. The maximum absolute atomic E-state index is 14.6. The fourth-order valence-corrected chi connectivity index (χ4v) is 12.8. The molecule has 1 spiro atoms. The Bertz CT molecular complexity index is 2930. The number of rotatable bonds is 10. The summed E-state index contributed by atoms with van der Waals surface area (Å²) in [7, 11) is -4.71. The van der Waals surface area contributed by atoms with Crippen LogP contribution in [0.15, 0.2) is 77.8 Å². The summed E-state index contributed by atoms with van der Waals surface area (Å²) in [5.41, 5.74) is 5.27. The Balaban J connectivity index is 0.842. The summed E-state index contributed by atoms with van der Waals surface area (Å²) in [4.78, 5) is 41.0. The Morgan fingerprint density at radius 3 is 2.62 bits per heavy atom. The molecule has 5 fully saturated rings. The van der Waals surface area contributed by atoms with E-state index in [0.29, 0.717) is 67.3 Å². The van der Waals surface area contributed by atoms with Crippen LogP contribution in [-0.4, -0.2) is 124 Å². The lowest BCUT2D eigenvalue weighted by Gasteiger charge is -2.62. The monoisotopic (exact) mass is 946 g/mol. The largest absolute Gasteiger partial charge is 0.489 e. The van der Waals surface area contributed by atoms with E-state index in [1.807, 2.05) is 29.2 Å². The number of aromatic nitrogens is 2. The number of nitro groups is 1. The average Bonchev–Trinajstić information content (AvgIpc) is 4.11. The zero-order chi connectivity index (χ0) is 46.5. The molecule has 1 saturated carbocycles. The van der Waals surface area contributed by atoms with Crippen molar-refractivity contribution in [3.63, 3.8) is 0 Å². The van der Waals surface area contributed by atoms with Gasteiger partial charge in [0.05, 0.1) is 66.2 Å². The second-order valence-electron chi connectivity index (χ2n) is 19.7. The summed E-state index contributed by atoms with van der Waals surface area (Å²) in [6.07, 6.45) is 5.58. The Hall–Kier alpha value is -5.99. The highest BCUT2D eigenvalue weighted by molar-refractivity contribution is 7.90.